The number of hydrogen-bond acceptors (Lipinski definition) is 6. The van der Waals surface area contributed by atoms with Gasteiger partial charge in [-0.3, -0.25) is 9.10 Å². The molecule has 26 heavy (non-hydrogen) atoms. The Hall–Kier alpha value is -2.39. The highest BCUT2D eigenvalue weighted by Crippen LogP contribution is 2.43. The van der Waals surface area contributed by atoms with Gasteiger partial charge in [-0.1, -0.05) is 23.4 Å². The van der Waals surface area contributed by atoms with Gasteiger partial charge in [0.25, 0.3) is 5.91 Å². The Morgan fingerprint density at radius 2 is 2.08 bits per heavy atom. The lowest BCUT2D eigenvalue weighted by atomic mass is 10.0. The molecule has 0 saturated carbocycles. The third-order valence-corrected chi connectivity index (χ3v) is 7.76. The normalized spacial score (nSPS) is 27.4. The highest BCUT2D eigenvalue weighted by Gasteiger charge is 2.62. The summed E-state index contributed by atoms with van der Waals surface area (Å²) in [6.07, 6.45) is -0.896. The van der Waals surface area contributed by atoms with Crippen molar-refractivity contribution in [1.29, 1.82) is 0 Å². The molecule has 0 unspecified atom stereocenters. The molecule has 1 spiro atoms. The molecule has 1 aromatic carbocycles. The summed E-state index contributed by atoms with van der Waals surface area (Å²) < 4.78 is 31.2. The lowest BCUT2D eigenvalue weighted by Crippen LogP contribution is -2.48. The van der Waals surface area contributed by atoms with E-state index in [1.165, 1.54) is 15.3 Å². The molecule has 0 bridgehead atoms. The van der Waals surface area contributed by atoms with Gasteiger partial charge < -0.3 is 14.5 Å². The lowest BCUT2D eigenvalue weighted by molar-refractivity contribution is 0.0763. The third kappa shape index (κ3) is 2.34. The Kier molecular flexibility index (Phi) is 3.81. The molecule has 0 radical (unpaired) electrons. The van der Waals surface area contributed by atoms with Crippen molar-refractivity contribution in [2.45, 2.75) is 24.2 Å². The van der Waals surface area contributed by atoms with Crippen molar-refractivity contribution in [3.05, 3.63) is 47.9 Å². The zero-order valence-electron chi connectivity index (χ0n) is 14.2. The molecule has 4 rings (SSSR count). The maximum Gasteiger partial charge on any atom is 0.276 e. The van der Waals surface area contributed by atoms with Crippen molar-refractivity contribution in [2.24, 2.45) is 0 Å². The lowest BCUT2D eigenvalue weighted by Gasteiger charge is -2.26. The summed E-state index contributed by atoms with van der Waals surface area (Å²) in [7, 11) is -3.83. The molecule has 2 aliphatic rings. The number of para-hydroxylation sites is 1. The molecule has 1 amide bonds. The van der Waals surface area contributed by atoms with E-state index in [4.69, 9.17) is 4.52 Å². The van der Waals surface area contributed by atoms with Crippen LogP contribution < -0.4 is 4.31 Å². The third-order valence-electron chi connectivity index (χ3n) is 5.19. The van der Waals surface area contributed by atoms with Crippen molar-refractivity contribution in [2.75, 3.05) is 23.9 Å². The molecule has 3 heterocycles. The predicted molar refractivity (Wildman–Crippen MR) is 93.2 cm³/mol. The van der Waals surface area contributed by atoms with Crippen LogP contribution in [0.15, 0.2) is 40.9 Å². The first-order valence-electron chi connectivity index (χ1n) is 8.33. The highest BCUT2D eigenvalue weighted by molar-refractivity contribution is 7.94. The van der Waals surface area contributed by atoms with Crippen molar-refractivity contribution < 1.29 is 22.8 Å². The molecule has 1 aromatic heterocycles. The standard InChI is InChI=1S/C17H19N3O5S/c1-12-9-14(18-25-12)16(22)19-8-7-17(11-19)15(21)10-20(26(17,23)24)13-5-3-2-4-6-13/h2-6,9,15,21H,7-8,10-11H2,1H3/t15-,17+/m0/s1. The van der Waals surface area contributed by atoms with Gasteiger partial charge >= 0.3 is 0 Å². The Labute approximate surface area is 151 Å². The summed E-state index contributed by atoms with van der Waals surface area (Å²) in [6.45, 7) is 1.84. The largest absolute Gasteiger partial charge is 0.389 e. The van der Waals surface area contributed by atoms with Crippen LogP contribution in [0.5, 0.6) is 0 Å². The van der Waals surface area contributed by atoms with Crippen LogP contribution in [0, 0.1) is 6.92 Å². The van der Waals surface area contributed by atoms with Gasteiger partial charge in [-0.2, -0.15) is 0 Å². The SMILES string of the molecule is Cc1cc(C(=O)N2CC[C@@]3(C2)[C@@H](O)CN(c2ccccc2)S3(=O)=O)no1. The van der Waals surface area contributed by atoms with Gasteiger partial charge in [-0.25, -0.2) is 8.42 Å². The number of aliphatic hydroxyl groups excluding tert-OH is 1. The Morgan fingerprint density at radius 3 is 2.73 bits per heavy atom. The first-order valence-corrected chi connectivity index (χ1v) is 9.77. The second kappa shape index (κ2) is 5.82. The van der Waals surface area contributed by atoms with E-state index in [9.17, 15) is 18.3 Å². The minimum absolute atomic E-state index is 0.0164. The summed E-state index contributed by atoms with van der Waals surface area (Å²) in [4.78, 5) is 14.0. The molecule has 1 N–H and O–H groups in total. The Balaban J connectivity index is 1.64. The van der Waals surface area contributed by atoms with E-state index < -0.39 is 20.9 Å². The van der Waals surface area contributed by atoms with Crippen LogP contribution in [0.25, 0.3) is 0 Å². The average molecular weight is 377 g/mol. The van der Waals surface area contributed by atoms with Gasteiger partial charge in [-0.05, 0) is 25.5 Å². The number of aryl methyl sites for hydroxylation is 1. The van der Waals surface area contributed by atoms with Crippen molar-refractivity contribution >= 4 is 21.6 Å². The number of sulfonamides is 1. The number of carbonyl (C=O) groups is 1. The number of β-amino-alcohol motifs (C(OH)–C–C–N with tert-alkyl or cyclic N) is 1. The van der Waals surface area contributed by atoms with E-state index in [0.717, 1.165) is 0 Å². The number of carbonyl (C=O) groups excluding carboxylic acids is 1. The van der Waals surface area contributed by atoms with Crippen LogP contribution >= 0.6 is 0 Å². The molecule has 138 valence electrons. The Bertz CT molecular complexity index is 942. The number of aromatic nitrogens is 1. The molecule has 2 aliphatic heterocycles. The molecular weight excluding hydrogens is 358 g/mol. The van der Waals surface area contributed by atoms with Crippen LogP contribution in [0.3, 0.4) is 0 Å². The van der Waals surface area contributed by atoms with E-state index in [0.29, 0.717) is 11.4 Å². The van der Waals surface area contributed by atoms with Crippen molar-refractivity contribution in [1.82, 2.24) is 10.1 Å². The maximum atomic E-state index is 13.2. The topological polar surface area (TPSA) is 104 Å². The molecule has 2 atom stereocenters. The molecule has 8 nitrogen and oxygen atoms in total. The van der Waals surface area contributed by atoms with Crippen molar-refractivity contribution in [3.8, 4) is 0 Å². The predicted octanol–water partition coefficient (Wildman–Crippen LogP) is 0.779. The van der Waals surface area contributed by atoms with Crippen molar-refractivity contribution in [3.63, 3.8) is 0 Å². The summed E-state index contributed by atoms with van der Waals surface area (Å²) in [6, 6.07) is 10.2. The quantitative estimate of drug-likeness (QED) is 0.829. The molecule has 2 fully saturated rings. The molecular formula is C17H19N3O5S. The molecule has 2 aromatic rings. The molecule has 2 saturated heterocycles. The number of anilines is 1. The van der Waals surface area contributed by atoms with E-state index in [2.05, 4.69) is 5.16 Å². The van der Waals surface area contributed by atoms with Crippen LogP contribution in [0.1, 0.15) is 22.7 Å². The van der Waals surface area contributed by atoms with Gasteiger partial charge in [0.1, 0.15) is 10.5 Å². The fourth-order valence-electron chi connectivity index (χ4n) is 3.74. The minimum Gasteiger partial charge on any atom is -0.389 e. The summed E-state index contributed by atoms with van der Waals surface area (Å²) in [5.74, 6) is 0.116. The monoisotopic (exact) mass is 377 g/mol. The van der Waals surface area contributed by atoms with Gasteiger partial charge in [0, 0.05) is 19.2 Å². The van der Waals surface area contributed by atoms with Gasteiger partial charge in [-0.15, -0.1) is 0 Å². The fraction of sp³-hybridized carbons (Fsp3) is 0.412. The smallest absolute Gasteiger partial charge is 0.276 e. The summed E-state index contributed by atoms with van der Waals surface area (Å²) in [5.41, 5.74) is 0.657. The van der Waals surface area contributed by atoms with E-state index in [1.807, 2.05) is 0 Å². The average Bonchev–Trinajstić information content (AvgIpc) is 3.30. The zero-order valence-corrected chi connectivity index (χ0v) is 15.0. The number of aliphatic hydroxyl groups is 1. The van der Waals surface area contributed by atoms with Crippen LogP contribution in [-0.2, 0) is 10.0 Å². The number of amides is 1. The summed E-state index contributed by atoms with van der Waals surface area (Å²) >= 11 is 0. The number of hydrogen-bond donors (Lipinski definition) is 1. The van der Waals surface area contributed by atoms with Crippen LogP contribution in [0.4, 0.5) is 5.69 Å². The zero-order chi connectivity index (χ0) is 18.5. The second-order valence-electron chi connectivity index (χ2n) is 6.75. The number of nitrogens with zero attached hydrogens (tertiary/aromatic N) is 3. The van der Waals surface area contributed by atoms with E-state index >= 15 is 0 Å². The molecule has 9 heteroatoms. The summed E-state index contributed by atoms with van der Waals surface area (Å²) in [5, 5.41) is 14.3. The second-order valence-corrected chi connectivity index (χ2v) is 8.96. The Morgan fingerprint density at radius 1 is 1.35 bits per heavy atom. The van der Waals surface area contributed by atoms with Gasteiger partial charge in [0.2, 0.25) is 10.0 Å². The maximum absolute atomic E-state index is 13.2. The van der Waals surface area contributed by atoms with E-state index in [1.54, 1.807) is 37.3 Å². The first-order chi connectivity index (χ1) is 12.3. The van der Waals surface area contributed by atoms with E-state index in [-0.39, 0.29) is 37.7 Å². The fourth-order valence-corrected chi connectivity index (χ4v) is 6.00. The van der Waals surface area contributed by atoms with Gasteiger partial charge in [0.15, 0.2) is 5.69 Å². The van der Waals surface area contributed by atoms with Crippen LogP contribution in [0.2, 0.25) is 0 Å². The number of likely N-dealkylation sites (tertiary alicyclic amines) is 1. The first kappa shape index (κ1) is 17.0. The highest BCUT2D eigenvalue weighted by atomic mass is 32.2. The number of benzene rings is 1. The van der Waals surface area contributed by atoms with Crippen LogP contribution in [-0.4, -0.2) is 60.0 Å². The number of rotatable bonds is 2. The minimum atomic E-state index is -3.83. The molecule has 0 aliphatic carbocycles. The van der Waals surface area contributed by atoms with Gasteiger partial charge in [0.05, 0.1) is 18.3 Å².